The van der Waals surface area contributed by atoms with E-state index in [9.17, 15) is 4.79 Å². The average Bonchev–Trinajstić information content (AvgIpc) is 2.66. The van der Waals surface area contributed by atoms with Gasteiger partial charge in [-0.1, -0.05) is 60.1 Å². The molecule has 0 heterocycles. The van der Waals surface area contributed by atoms with E-state index >= 15 is 0 Å². The van der Waals surface area contributed by atoms with Crippen molar-refractivity contribution in [3.8, 4) is 11.5 Å². The van der Waals surface area contributed by atoms with Gasteiger partial charge in [-0.05, 0) is 30.5 Å². The quantitative estimate of drug-likeness (QED) is 0.626. The Hall–Kier alpha value is -2.72. The molecule has 3 aromatic rings. The minimum Gasteiger partial charge on any atom is -0.490 e. The average molecular weight is 370 g/mol. The number of halogens is 1. The van der Waals surface area contributed by atoms with E-state index in [4.69, 9.17) is 21.1 Å². The van der Waals surface area contributed by atoms with Crippen LogP contribution in [0.15, 0.2) is 66.7 Å². The molecule has 0 aliphatic carbocycles. The third-order valence-corrected chi connectivity index (χ3v) is 4.23. The molecule has 3 rings (SSSR count). The zero-order valence-electron chi connectivity index (χ0n) is 14.4. The van der Waals surface area contributed by atoms with Crippen molar-refractivity contribution < 1.29 is 14.3 Å². The number of carbonyl (C=O) groups is 1. The first-order valence-electron chi connectivity index (χ1n) is 8.44. The maximum atomic E-state index is 12.2. The Labute approximate surface area is 157 Å². The van der Waals surface area contributed by atoms with Crippen LogP contribution in [0.5, 0.6) is 11.5 Å². The van der Waals surface area contributed by atoms with Gasteiger partial charge in [-0.25, -0.2) is 0 Å². The van der Waals surface area contributed by atoms with E-state index in [2.05, 4.69) is 5.32 Å². The molecule has 0 bridgehead atoms. The third-order valence-electron chi connectivity index (χ3n) is 3.92. The second-order valence-electron chi connectivity index (χ2n) is 5.81. The normalized spacial score (nSPS) is 11.8. The summed E-state index contributed by atoms with van der Waals surface area (Å²) >= 11 is 6.02. The number of carbonyl (C=O) groups excluding carboxylic acids is 1. The van der Waals surface area contributed by atoms with E-state index in [-0.39, 0.29) is 5.91 Å². The van der Waals surface area contributed by atoms with Crippen LogP contribution >= 0.6 is 11.6 Å². The van der Waals surface area contributed by atoms with Gasteiger partial charge in [0.25, 0.3) is 5.91 Å². The number of fused-ring (bicyclic) bond motifs is 1. The summed E-state index contributed by atoms with van der Waals surface area (Å²) in [4.78, 5) is 12.2. The van der Waals surface area contributed by atoms with Crippen molar-refractivity contribution >= 4 is 28.3 Å². The molecule has 1 N–H and O–H groups in total. The molecule has 0 aliphatic rings. The molecule has 0 radical (unpaired) electrons. The van der Waals surface area contributed by atoms with Crippen LogP contribution in [-0.2, 0) is 4.79 Å². The first kappa shape index (κ1) is 18.1. The first-order chi connectivity index (χ1) is 12.6. The molecule has 0 unspecified atom stereocenters. The van der Waals surface area contributed by atoms with Crippen molar-refractivity contribution in [3.63, 3.8) is 0 Å². The van der Waals surface area contributed by atoms with Crippen LogP contribution in [0.25, 0.3) is 10.8 Å². The first-order valence-corrected chi connectivity index (χ1v) is 8.82. The zero-order valence-corrected chi connectivity index (χ0v) is 15.2. The van der Waals surface area contributed by atoms with Gasteiger partial charge in [0.05, 0.1) is 11.6 Å². The van der Waals surface area contributed by atoms with Gasteiger partial charge in [0.15, 0.2) is 6.10 Å². The molecular formula is C21H20ClNO3. The molecule has 1 amide bonds. The highest BCUT2D eigenvalue weighted by molar-refractivity contribution is 6.32. The Morgan fingerprint density at radius 2 is 1.69 bits per heavy atom. The van der Waals surface area contributed by atoms with Gasteiger partial charge in [0.2, 0.25) is 0 Å². The highest BCUT2D eigenvalue weighted by Gasteiger charge is 2.15. The van der Waals surface area contributed by atoms with Crippen LogP contribution in [-0.4, -0.2) is 25.2 Å². The molecule has 0 spiro atoms. The largest absolute Gasteiger partial charge is 0.490 e. The van der Waals surface area contributed by atoms with Crippen LogP contribution in [0.3, 0.4) is 0 Å². The summed E-state index contributed by atoms with van der Waals surface area (Å²) in [6.45, 7) is 2.43. The van der Waals surface area contributed by atoms with E-state index in [1.54, 1.807) is 19.1 Å². The van der Waals surface area contributed by atoms with Gasteiger partial charge >= 0.3 is 0 Å². The van der Waals surface area contributed by atoms with E-state index < -0.39 is 6.10 Å². The van der Waals surface area contributed by atoms with Gasteiger partial charge < -0.3 is 14.8 Å². The van der Waals surface area contributed by atoms with Crippen molar-refractivity contribution in [2.75, 3.05) is 13.2 Å². The molecule has 1 atom stereocenters. The van der Waals surface area contributed by atoms with Crippen molar-refractivity contribution in [2.24, 2.45) is 0 Å². The highest BCUT2D eigenvalue weighted by atomic mass is 35.5. The summed E-state index contributed by atoms with van der Waals surface area (Å²) in [5.41, 5.74) is 0. The SMILES string of the molecule is C[C@H](Oc1cccc2ccccc12)C(=O)NCCOc1ccccc1Cl. The second kappa shape index (κ2) is 8.59. The van der Waals surface area contributed by atoms with Crippen LogP contribution in [0.4, 0.5) is 0 Å². The van der Waals surface area contributed by atoms with E-state index in [0.717, 1.165) is 10.8 Å². The topological polar surface area (TPSA) is 47.6 Å². The van der Waals surface area contributed by atoms with Gasteiger partial charge in [-0.15, -0.1) is 0 Å². The standard InChI is InChI=1S/C21H20ClNO3/c1-15(26-19-12-6-8-16-7-2-3-9-17(16)19)21(24)23-13-14-25-20-11-5-4-10-18(20)22/h2-12,15H,13-14H2,1H3,(H,23,24)/t15-/m0/s1. The Bertz CT molecular complexity index is 892. The number of ether oxygens (including phenoxy) is 2. The lowest BCUT2D eigenvalue weighted by Gasteiger charge is -2.16. The highest BCUT2D eigenvalue weighted by Crippen LogP contribution is 2.26. The van der Waals surface area contributed by atoms with Crippen LogP contribution in [0.2, 0.25) is 5.02 Å². The Morgan fingerprint density at radius 1 is 1.00 bits per heavy atom. The lowest BCUT2D eigenvalue weighted by Crippen LogP contribution is -2.38. The number of hydrogen-bond acceptors (Lipinski definition) is 3. The Balaban J connectivity index is 1.51. The molecule has 4 nitrogen and oxygen atoms in total. The molecule has 0 fully saturated rings. The lowest BCUT2D eigenvalue weighted by molar-refractivity contribution is -0.127. The van der Waals surface area contributed by atoms with E-state index in [1.807, 2.05) is 54.6 Å². The maximum absolute atomic E-state index is 12.2. The van der Waals surface area contributed by atoms with Crippen molar-refractivity contribution in [2.45, 2.75) is 13.0 Å². The number of nitrogens with one attached hydrogen (secondary N) is 1. The van der Waals surface area contributed by atoms with Crippen molar-refractivity contribution in [1.29, 1.82) is 0 Å². The molecule has 134 valence electrons. The maximum Gasteiger partial charge on any atom is 0.260 e. The van der Waals surface area contributed by atoms with Crippen LogP contribution in [0.1, 0.15) is 6.92 Å². The predicted octanol–water partition coefficient (Wildman–Crippen LogP) is 4.46. The van der Waals surface area contributed by atoms with E-state index in [0.29, 0.717) is 29.7 Å². The summed E-state index contributed by atoms with van der Waals surface area (Å²) in [5, 5.41) is 5.41. The summed E-state index contributed by atoms with van der Waals surface area (Å²) in [7, 11) is 0. The van der Waals surface area contributed by atoms with Crippen molar-refractivity contribution in [1.82, 2.24) is 5.32 Å². The summed E-state index contributed by atoms with van der Waals surface area (Å²) in [6.07, 6.45) is -0.610. The van der Waals surface area contributed by atoms with Gasteiger partial charge in [-0.3, -0.25) is 4.79 Å². The molecule has 0 saturated carbocycles. The molecule has 0 saturated heterocycles. The second-order valence-corrected chi connectivity index (χ2v) is 6.21. The molecule has 0 aromatic heterocycles. The van der Waals surface area contributed by atoms with E-state index in [1.165, 1.54) is 0 Å². The Kier molecular flexibility index (Phi) is 5.97. The fraction of sp³-hybridized carbons (Fsp3) is 0.190. The number of amides is 1. The molecular weight excluding hydrogens is 350 g/mol. The fourth-order valence-electron chi connectivity index (χ4n) is 2.58. The summed E-state index contributed by atoms with van der Waals surface area (Å²) in [5.74, 6) is 1.10. The number of rotatable bonds is 7. The number of hydrogen-bond donors (Lipinski definition) is 1. The zero-order chi connectivity index (χ0) is 18.4. The van der Waals surface area contributed by atoms with Gasteiger partial charge in [-0.2, -0.15) is 0 Å². The molecule has 3 aromatic carbocycles. The summed E-state index contributed by atoms with van der Waals surface area (Å²) < 4.78 is 11.4. The third kappa shape index (κ3) is 4.46. The van der Waals surface area contributed by atoms with Crippen LogP contribution in [0, 0.1) is 0 Å². The van der Waals surface area contributed by atoms with Crippen LogP contribution < -0.4 is 14.8 Å². The summed E-state index contributed by atoms with van der Waals surface area (Å²) in [6, 6.07) is 20.9. The smallest absolute Gasteiger partial charge is 0.260 e. The molecule has 0 aliphatic heterocycles. The van der Waals surface area contributed by atoms with Gasteiger partial charge in [0, 0.05) is 5.39 Å². The van der Waals surface area contributed by atoms with Crippen molar-refractivity contribution in [3.05, 3.63) is 71.8 Å². The lowest BCUT2D eigenvalue weighted by atomic mass is 10.1. The monoisotopic (exact) mass is 369 g/mol. The minimum absolute atomic E-state index is 0.194. The number of benzene rings is 3. The molecule has 26 heavy (non-hydrogen) atoms. The fourth-order valence-corrected chi connectivity index (χ4v) is 2.77. The minimum atomic E-state index is -0.610. The molecule has 5 heteroatoms. The predicted molar refractivity (Wildman–Crippen MR) is 104 cm³/mol. The van der Waals surface area contributed by atoms with Gasteiger partial charge in [0.1, 0.15) is 18.1 Å². The Morgan fingerprint density at radius 3 is 2.54 bits per heavy atom. The number of para-hydroxylation sites is 1.